The molecule has 3 nitrogen and oxygen atoms in total. The summed E-state index contributed by atoms with van der Waals surface area (Å²) in [7, 11) is 0. The van der Waals surface area contributed by atoms with Crippen molar-refractivity contribution >= 4 is 28.7 Å². The fourth-order valence-electron chi connectivity index (χ4n) is 1.70. The normalized spacial score (nSPS) is 10.6. The van der Waals surface area contributed by atoms with Crippen LogP contribution >= 0.6 is 12.2 Å². The Bertz CT molecular complexity index is 718. The molecule has 0 aromatic heterocycles. The lowest BCUT2D eigenvalue weighted by atomic mass is 10.2. The van der Waals surface area contributed by atoms with Gasteiger partial charge in [-0.1, -0.05) is 6.07 Å². The number of nitrogens with one attached hydrogen (secondary N) is 2. The van der Waals surface area contributed by atoms with Crippen molar-refractivity contribution in [3.05, 3.63) is 59.7 Å². The molecule has 112 valence electrons. The van der Waals surface area contributed by atoms with Crippen LogP contribution in [-0.2, 0) is 6.18 Å². The van der Waals surface area contributed by atoms with Crippen molar-refractivity contribution in [2.24, 2.45) is 0 Å². The molecule has 0 heterocycles. The second-order valence-corrected chi connectivity index (χ2v) is 4.76. The van der Waals surface area contributed by atoms with Crippen molar-refractivity contribution in [1.29, 1.82) is 5.26 Å². The van der Waals surface area contributed by atoms with E-state index in [1.54, 1.807) is 24.3 Å². The summed E-state index contributed by atoms with van der Waals surface area (Å²) < 4.78 is 37.4. The molecule has 0 bridgehead atoms. The minimum Gasteiger partial charge on any atom is -0.332 e. The second-order valence-electron chi connectivity index (χ2n) is 4.35. The summed E-state index contributed by atoms with van der Waals surface area (Å²) in [5.74, 6) is 0. The number of hydrogen-bond donors (Lipinski definition) is 2. The summed E-state index contributed by atoms with van der Waals surface area (Å²) >= 11 is 5.08. The number of halogens is 3. The molecule has 0 saturated carbocycles. The van der Waals surface area contributed by atoms with Crippen molar-refractivity contribution in [2.45, 2.75) is 6.18 Å². The Labute approximate surface area is 130 Å². The first-order valence-electron chi connectivity index (χ1n) is 6.14. The van der Waals surface area contributed by atoms with E-state index in [4.69, 9.17) is 17.5 Å². The average molecular weight is 321 g/mol. The summed E-state index contributed by atoms with van der Waals surface area (Å²) in [4.78, 5) is 0. The maximum Gasteiger partial charge on any atom is 0.416 e. The first kappa shape index (κ1) is 15.8. The van der Waals surface area contributed by atoms with Gasteiger partial charge in [0, 0.05) is 11.4 Å². The average Bonchev–Trinajstić information content (AvgIpc) is 2.47. The summed E-state index contributed by atoms with van der Waals surface area (Å²) in [5.41, 5.74) is 0.798. The Kier molecular flexibility index (Phi) is 4.63. The van der Waals surface area contributed by atoms with Gasteiger partial charge in [-0.25, -0.2) is 0 Å². The molecule has 0 fully saturated rings. The van der Waals surface area contributed by atoms with Crippen LogP contribution in [0.1, 0.15) is 11.1 Å². The number of hydrogen-bond acceptors (Lipinski definition) is 2. The number of thiocarbonyl (C=S) groups is 1. The van der Waals surface area contributed by atoms with Crippen LogP contribution in [0.2, 0.25) is 0 Å². The quantitative estimate of drug-likeness (QED) is 0.806. The SMILES string of the molecule is N#Cc1cccc(NC(=S)Nc2ccc(C(F)(F)F)cc2)c1. The first-order valence-corrected chi connectivity index (χ1v) is 6.55. The third kappa shape index (κ3) is 4.20. The zero-order valence-corrected chi connectivity index (χ0v) is 11.9. The third-order valence-electron chi connectivity index (χ3n) is 2.72. The molecule has 0 aliphatic rings. The smallest absolute Gasteiger partial charge is 0.332 e. The van der Waals surface area contributed by atoms with Gasteiger partial charge in [-0.2, -0.15) is 18.4 Å². The van der Waals surface area contributed by atoms with Gasteiger partial charge in [-0.05, 0) is 54.7 Å². The molecule has 0 spiro atoms. The van der Waals surface area contributed by atoms with E-state index in [2.05, 4.69) is 10.6 Å². The van der Waals surface area contributed by atoms with Gasteiger partial charge in [0.25, 0.3) is 0 Å². The van der Waals surface area contributed by atoms with Crippen LogP contribution < -0.4 is 10.6 Å². The van der Waals surface area contributed by atoms with E-state index >= 15 is 0 Å². The Balaban J connectivity index is 2.01. The molecule has 0 aliphatic carbocycles. The fraction of sp³-hybridized carbons (Fsp3) is 0.0667. The Morgan fingerprint density at radius 3 is 2.23 bits per heavy atom. The molecule has 2 rings (SSSR count). The van der Waals surface area contributed by atoms with Gasteiger partial charge in [-0.15, -0.1) is 0 Å². The van der Waals surface area contributed by atoms with Crippen LogP contribution in [0.3, 0.4) is 0 Å². The summed E-state index contributed by atoms with van der Waals surface area (Å²) in [6, 6.07) is 13.2. The van der Waals surface area contributed by atoms with Crippen LogP contribution in [-0.4, -0.2) is 5.11 Å². The summed E-state index contributed by atoms with van der Waals surface area (Å²) in [6.07, 6.45) is -4.37. The van der Waals surface area contributed by atoms with Crippen LogP contribution in [0.15, 0.2) is 48.5 Å². The molecule has 22 heavy (non-hydrogen) atoms. The van der Waals surface area contributed by atoms with Gasteiger partial charge >= 0.3 is 6.18 Å². The fourth-order valence-corrected chi connectivity index (χ4v) is 1.94. The van der Waals surface area contributed by atoms with E-state index in [0.717, 1.165) is 12.1 Å². The van der Waals surface area contributed by atoms with Crippen LogP contribution in [0.5, 0.6) is 0 Å². The molecular formula is C15H10F3N3S. The Hall–Kier alpha value is -2.59. The lowest BCUT2D eigenvalue weighted by molar-refractivity contribution is -0.137. The van der Waals surface area contributed by atoms with Crippen LogP contribution in [0.25, 0.3) is 0 Å². The zero-order valence-electron chi connectivity index (χ0n) is 11.1. The molecule has 7 heteroatoms. The van der Waals surface area contributed by atoms with E-state index in [9.17, 15) is 13.2 Å². The monoisotopic (exact) mass is 321 g/mol. The number of alkyl halides is 3. The topological polar surface area (TPSA) is 47.9 Å². The molecule has 0 unspecified atom stereocenters. The van der Waals surface area contributed by atoms with E-state index in [1.807, 2.05) is 6.07 Å². The maximum atomic E-state index is 12.5. The predicted octanol–water partition coefficient (Wildman–Crippen LogP) is 4.39. The van der Waals surface area contributed by atoms with Crippen LogP contribution in [0, 0.1) is 11.3 Å². The first-order chi connectivity index (χ1) is 10.4. The molecule has 0 aliphatic heterocycles. The minimum absolute atomic E-state index is 0.217. The molecule has 2 aromatic rings. The lowest BCUT2D eigenvalue weighted by Crippen LogP contribution is -2.19. The predicted molar refractivity (Wildman–Crippen MR) is 82.4 cm³/mol. The highest BCUT2D eigenvalue weighted by Gasteiger charge is 2.29. The number of benzene rings is 2. The highest BCUT2D eigenvalue weighted by atomic mass is 32.1. The molecule has 2 aromatic carbocycles. The van der Waals surface area contributed by atoms with Crippen molar-refractivity contribution in [3.8, 4) is 6.07 Å². The van der Waals surface area contributed by atoms with Gasteiger partial charge in [0.2, 0.25) is 0 Å². The van der Waals surface area contributed by atoms with Gasteiger partial charge in [0.1, 0.15) is 0 Å². The molecule has 0 radical (unpaired) electrons. The van der Waals surface area contributed by atoms with Gasteiger partial charge < -0.3 is 10.6 Å². The second kappa shape index (κ2) is 6.45. The van der Waals surface area contributed by atoms with Gasteiger partial charge in [0.05, 0.1) is 17.2 Å². The highest BCUT2D eigenvalue weighted by molar-refractivity contribution is 7.80. The lowest BCUT2D eigenvalue weighted by Gasteiger charge is -2.12. The molecular weight excluding hydrogens is 311 g/mol. The summed E-state index contributed by atoms with van der Waals surface area (Å²) in [5, 5.41) is 14.7. The third-order valence-corrected chi connectivity index (χ3v) is 2.92. The minimum atomic E-state index is -4.37. The highest BCUT2D eigenvalue weighted by Crippen LogP contribution is 2.29. The number of nitriles is 1. The van der Waals surface area contributed by atoms with Gasteiger partial charge in [-0.3, -0.25) is 0 Å². The number of rotatable bonds is 2. The van der Waals surface area contributed by atoms with E-state index in [0.29, 0.717) is 16.9 Å². The Morgan fingerprint density at radius 2 is 1.64 bits per heavy atom. The van der Waals surface area contributed by atoms with Crippen LogP contribution in [0.4, 0.5) is 24.5 Å². The van der Waals surface area contributed by atoms with Crippen molar-refractivity contribution in [1.82, 2.24) is 0 Å². The largest absolute Gasteiger partial charge is 0.416 e. The van der Waals surface area contributed by atoms with E-state index in [-0.39, 0.29) is 5.11 Å². The number of nitrogens with zero attached hydrogens (tertiary/aromatic N) is 1. The standard InChI is InChI=1S/C15H10F3N3S/c16-15(17,18)11-4-6-12(7-5-11)20-14(22)21-13-3-1-2-10(8-13)9-19/h1-8H,(H2,20,21,22). The molecule has 0 amide bonds. The van der Waals surface area contributed by atoms with Crippen molar-refractivity contribution in [2.75, 3.05) is 10.6 Å². The molecule has 2 N–H and O–H groups in total. The Morgan fingerprint density at radius 1 is 1.00 bits per heavy atom. The van der Waals surface area contributed by atoms with E-state index in [1.165, 1.54) is 12.1 Å². The number of anilines is 2. The molecule has 0 atom stereocenters. The maximum absolute atomic E-state index is 12.5. The zero-order chi connectivity index (χ0) is 16.2. The summed E-state index contributed by atoms with van der Waals surface area (Å²) in [6.45, 7) is 0. The van der Waals surface area contributed by atoms with Gasteiger partial charge in [0.15, 0.2) is 5.11 Å². The molecule has 0 saturated heterocycles. The van der Waals surface area contributed by atoms with Crippen molar-refractivity contribution < 1.29 is 13.2 Å². The van der Waals surface area contributed by atoms with Crippen molar-refractivity contribution in [3.63, 3.8) is 0 Å². The van der Waals surface area contributed by atoms with E-state index < -0.39 is 11.7 Å².